The third kappa shape index (κ3) is 3.07. The van der Waals surface area contributed by atoms with E-state index in [2.05, 4.69) is 120 Å². The first-order valence-corrected chi connectivity index (χ1v) is 15.5. The number of hydrogen-bond donors (Lipinski definition) is 0. The molecule has 3 aromatic carbocycles. The first kappa shape index (κ1) is 25.7. The molecule has 6 nitrogen and oxygen atoms in total. The van der Waals surface area contributed by atoms with Crippen LogP contribution in [-0.4, -0.2) is 43.0 Å². The van der Waals surface area contributed by atoms with Crippen molar-refractivity contribution >= 4 is 65.5 Å². The number of hydrogen-bond acceptors (Lipinski definition) is 7. The molecule has 0 amide bonds. The number of thiophene rings is 1. The lowest BCUT2D eigenvalue weighted by Gasteiger charge is -2.50. The van der Waals surface area contributed by atoms with Crippen LogP contribution in [0.2, 0.25) is 0 Å². The molecule has 2 aliphatic rings. The minimum Gasteiger partial charge on any atom is -0.456 e. The standard InChI is InChI=1S/C35H35N5OS/c1-32(2)33(3,4)40-31(38-32)39(34(5,6)35(40,7)8)30-36-28(27-23-14-10-12-16-26(23)42-29(27)37-30)20-17-18-22-21-13-9-11-15-24(21)41-25(22)19-20/h9-19H,1-8H3. The van der Waals surface area contributed by atoms with Crippen LogP contribution in [0.3, 0.4) is 0 Å². The van der Waals surface area contributed by atoms with Gasteiger partial charge in [-0.3, -0.25) is 4.90 Å². The van der Waals surface area contributed by atoms with Gasteiger partial charge >= 0.3 is 0 Å². The summed E-state index contributed by atoms with van der Waals surface area (Å²) in [4.78, 5) is 21.8. The van der Waals surface area contributed by atoms with Crippen LogP contribution < -0.4 is 4.90 Å². The smallest absolute Gasteiger partial charge is 0.234 e. The summed E-state index contributed by atoms with van der Waals surface area (Å²) in [6.07, 6.45) is 0. The molecular formula is C35H35N5OS. The van der Waals surface area contributed by atoms with Gasteiger partial charge in [0.15, 0.2) is 0 Å². The third-order valence-electron chi connectivity index (χ3n) is 10.5. The zero-order valence-corrected chi connectivity index (χ0v) is 26.2. The van der Waals surface area contributed by atoms with Crippen molar-refractivity contribution in [3.05, 3.63) is 66.7 Å². The summed E-state index contributed by atoms with van der Waals surface area (Å²) >= 11 is 1.72. The lowest BCUT2D eigenvalue weighted by molar-refractivity contribution is 0.0528. The Labute approximate surface area is 249 Å². The van der Waals surface area contributed by atoms with E-state index in [1.54, 1.807) is 11.3 Å². The molecule has 0 spiro atoms. The average molecular weight is 574 g/mol. The van der Waals surface area contributed by atoms with E-state index in [9.17, 15) is 0 Å². The molecule has 0 N–H and O–H groups in total. The highest BCUT2D eigenvalue weighted by atomic mass is 32.1. The van der Waals surface area contributed by atoms with Crippen LogP contribution in [0.4, 0.5) is 5.95 Å². The van der Waals surface area contributed by atoms with Crippen LogP contribution in [0, 0.1) is 0 Å². The van der Waals surface area contributed by atoms with E-state index in [0.29, 0.717) is 5.95 Å². The Morgan fingerprint density at radius 3 is 2.17 bits per heavy atom. The monoisotopic (exact) mass is 573 g/mol. The van der Waals surface area contributed by atoms with Crippen molar-refractivity contribution in [1.82, 2.24) is 14.9 Å². The number of guanidine groups is 1. The molecule has 1 saturated heterocycles. The van der Waals surface area contributed by atoms with Crippen molar-refractivity contribution in [3.63, 3.8) is 0 Å². The maximum absolute atomic E-state index is 6.31. The first-order valence-electron chi connectivity index (χ1n) is 14.6. The van der Waals surface area contributed by atoms with Crippen molar-refractivity contribution in [3.8, 4) is 11.3 Å². The van der Waals surface area contributed by atoms with Gasteiger partial charge in [-0.15, -0.1) is 11.3 Å². The molecule has 5 heterocycles. The van der Waals surface area contributed by atoms with E-state index in [1.807, 2.05) is 12.1 Å². The van der Waals surface area contributed by atoms with E-state index >= 15 is 0 Å². The molecular weight excluding hydrogens is 538 g/mol. The highest BCUT2D eigenvalue weighted by Crippen LogP contribution is 2.53. The number of rotatable bonds is 2. The van der Waals surface area contributed by atoms with E-state index in [1.165, 1.54) is 10.1 Å². The summed E-state index contributed by atoms with van der Waals surface area (Å²) in [7, 11) is 0. The molecule has 0 atom stereocenters. The largest absolute Gasteiger partial charge is 0.456 e. The molecule has 1 fully saturated rings. The van der Waals surface area contributed by atoms with E-state index in [4.69, 9.17) is 19.4 Å². The van der Waals surface area contributed by atoms with Crippen LogP contribution in [-0.2, 0) is 0 Å². The van der Waals surface area contributed by atoms with Crippen molar-refractivity contribution < 1.29 is 4.42 Å². The SMILES string of the molecule is CC1(C)N=C2N(c3nc(-c4ccc5c(c4)oc4ccccc45)c4c(n3)sc3ccccc34)C(C)(C)C(C)(C)N2C1(C)C. The maximum Gasteiger partial charge on any atom is 0.234 e. The summed E-state index contributed by atoms with van der Waals surface area (Å²) in [6, 6.07) is 23.2. The van der Waals surface area contributed by atoms with Crippen molar-refractivity contribution in [2.45, 2.75) is 77.5 Å². The molecule has 3 aromatic heterocycles. The Kier molecular flexibility index (Phi) is 4.83. The Morgan fingerprint density at radius 1 is 0.690 bits per heavy atom. The number of nitrogens with zero attached hydrogens (tertiary/aromatic N) is 5. The fraction of sp³-hybridized carbons (Fsp3) is 0.343. The number of furan rings is 1. The van der Waals surface area contributed by atoms with Gasteiger partial charge < -0.3 is 9.32 Å². The van der Waals surface area contributed by atoms with Gasteiger partial charge in [-0.2, -0.15) is 0 Å². The number of anilines is 1. The molecule has 2 aliphatic heterocycles. The second-order valence-electron chi connectivity index (χ2n) is 13.8. The van der Waals surface area contributed by atoms with Gasteiger partial charge in [-0.25, -0.2) is 15.0 Å². The zero-order chi connectivity index (χ0) is 29.4. The second kappa shape index (κ2) is 7.90. The van der Waals surface area contributed by atoms with Crippen molar-refractivity contribution in [1.29, 1.82) is 0 Å². The van der Waals surface area contributed by atoms with Crippen LogP contribution in [0.15, 0.2) is 76.1 Å². The van der Waals surface area contributed by atoms with Crippen LogP contribution in [0.25, 0.3) is 53.5 Å². The van der Waals surface area contributed by atoms with Gasteiger partial charge in [-0.1, -0.05) is 42.5 Å². The summed E-state index contributed by atoms with van der Waals surface area (Å²) in [5, 5.41) is 4.49. The topological polar surface area (TPSA) is 57.8 Å². The molecule has 0 radical (unpaired) electrons. The second-order valence-corrected chi connectivity index (χ2v) is 14.8. The Bertz CT molecular complexity index is 2130. The van der Waals surface area contributed by atoms with Crippen LogP contribution in [0.5, 0.6) is 0 Å². The molecule has 7 heteroatoms. The highest BCUT2D eigenvalue weighted by Gasteiger charge is 2.66. The van der Waals surface area contributed by atoms with Gasteiger partial charge in [0.2, 0.25) is 11.9 Å². The quantitative estimate of drug-likeness (QED) is 0.207. The molecule has 42 heavy (non-hydrogen) atoms. The minimum absolute atomic E-state index is 0.186. The fourth-order valence-corrected chi connectivity index (χ4v) is 8.06. The Balaban J connectivity index is 1.42. The number of aliphatic imine (C=N–C) groups is 1. The number of para-hydroxylation sites is 1. The molecule has 212 valence electrons. The first-order chi connectivity index (χ1) is 19.8. The van der Waals surface area contributed by atoms with Gasteiger partial charge in [0.1, 0.15) is 16.0 Å². The Hall–Kier alpha value is -3.97. The molecule has 0 saturated carbocycles. The third-order valence-corrected chi connectivity index (χ3v) is 11.6. The number of aromatic nitrogens is 2. The van der Waals surface area contributed by atoms with Crippen molar-refractivity contribution in [2.75, 3.05) is 4.90 Å². The lowest BCUT2D eigenvalue weighted by atomic mass is 9.76. The van der Waals surface area contributed by atoms with Gasteiger partial charge in [0, 0.05) is 31.8 Å². The summed E-state index contributed by atoms with van der Waals surface area (Å²) in [6.45, 7) is 18.3. The van der Waals surface area contributed by atoms with Gasteiger partial charge in [0.05, 0.1) is 27.8 Å². The van der Waals surface area contributed by atoms with Crippen LogP contribution >= 0.6 is 11.3 Å². The predicted octanol–water partition coefficient (Wildman–Crippen LogP) is 9.02. The van der Waals surface area contributed by atoms with Gasteiger partial charge in [0.25, 0.3) is 0 Å². The lowest BCUT2D eigenvalue weighted by Crippen LogP contribution is -2.63. The number of fused-ring (bicyclic) bond motifs is 7. The molecule has 8 rings (SSSR count). The predicted molar refractivity (Wildman–Crippen MR) is 176 cm³/mol. The van der Waals surface area contributed by atoms with E-state index in [-0.39, 0.29) is 22.2 Å². The minimum atomic E-state index is -0.329. The van der Waals surface area contributed by atoms with E-state index < -0.39 is 0 Å². The Morgan fingerprint density at radius 2 is 1.38 bits per heavy atom. The molecule has 0 aliphatic carbocycles. The summed E-state index contributed by atoms with van der Waals surface area (Å²) in [5.41, 5.74) is 2.67. The average Bonchev–Trinajstić information content (AvgIpc) is 3.58. The maximum atomic E-state index is 6.31. The summed E-state index contributed by atoms with van der Waals surface area (Å²) < 4.78 is 7.51. The number of benzene rings is 3. The van der Waals surface area contributed by atoms with Crippen LogP contribution in [0.1, 0.15) is 55.4 Å². The highest BCUT2D eigenvalue weighted by molar-refractivity contribution is 7.25. The molecule has 0 bridgehead atoms. The fourth-order valence-electron chi connectivity index (χ4n) is 6.99. The van der Waals surface area contributed by atoms with Gasteiger partial charge in [-0.05, 0) is 79.7 Å². The summed E-state index contributed by atoms with van der Waals surface area (Å²) in [5.74, 6) is 1.63. The molecule has 6 aromatic rings. The molecule has 0 unspecified atom stereocenters. The normalized spacial score (nSPS) is 20.2. The zero-order valence-electron chi connectivity index (χ0n) is 25.4. The van der Waals surface area contributed by atoms with Crippen molar-refractivity contribution in [2.24, 2.45) is 4.99 Å². The van der Waals surface area contributed by atoms with E-state index in [0.717, 1.165) is 49.4 Å².